The zero-order valence-electron chi connectivity index (χ0n) is 10.0. The Labute approximate surface area is 92.3 Å². The molecule has 90 valence electrons. The van der Waals surface area contributed by atoms with Gasteiger partial charge in [0.15, 0.2) is 0 Å². The number of carbonyl (C=O) groups excluding carboxylic acids is 1. The first-order valence-corrected chi connectivity index (χ1v) is 5.59. The van der Waals surface area contributed by atoms with Crippen LogP contribution in [0.1, 0.15) is 27.2 Å². The van der Waals surface area contributed by atoms with Gasteiger partial charge in [-0.1, -0.05) is 13.8 Å². The van der Waals surface area contributed by atoms with Crippen LogP contribution < -0.4 is 5.32 Å². The molecule has 1 N–H and O–H groups in total. The van der Waals surface area contributed by atoms with Crippen molar-refractivity contribution in [3.63, 3.8) is 0 Å². The van der Waals surface area contributed by atoms with Crippen LogP contribution in [0.2, 0.25) is 0 Å². The van der Waals surface area contributed by atoms with Crippen molar-refractivity contribution in [3.05, 3.63) is 0 Å². The maximum absolute atomic E-state index is 11.2. The Morgan fingerprint density at radius 2 is 1.87 bits per heavy atom. The quantitative estimate of drug-likeness (QED) is 0.590. The van der Waals surface area contributed by atoms with Gasteiger partial charge in [0.1, 0.15) is 0 Å². The Hall–Kier alpha value is -0.610. The molecule has 0 atom stereocenters. The molecule has 0 saturated heterocycles. The molecule has 0 aliphatic carbocycles. The molecular formula is C11H23NO3. The number of hydrogen-bond donors (Lipinski definition) is 1. The lowest BCUT2D eigenvalue weighted by molar-refractivity contribution is -0.122. The predicted molar refractivity (Wildman–Crippen MR) is 59.8 cm³/mol. The lowest BCUT2D eigenvalue weighted by atomic mass is 10.1. The van der Waals surface area contributed by atoms with Crippen LogP contribution in [0.25, 0.3) is 0 Å². The van der Waals surface area contributed by atoms with Gasteiger partial charge in [0.2, 0.25) is 5.91 Å². The fourth-order valence-corrected chi connectivity index (χ4v) is 1.07. The summed E-state index contributed by atoms with van der Waals surface area (Å²) >= 11 is 0. The number of rotatable bonds is 9. The smallest absolute Gasteiger partial charge is 0.220 e. The summed E-state index contributed by atoms with van der Waals surface area (Å²) < 4.78 is 10.4. The summed E-state index contributed by atoms with van der Waals surface area (Å²) in [5.74, 6) is 0.502. The van der Waals surface area contributed by atoms with Crippen molar-refractivity contribution in [1.82, 2.24) is 5.32 Å². The summed E-state index contributed by atoms with van der Waals surface area (Å²) in [6, 6.07) is 0. The first-order valence-electron chi connectivity index (χ1n) is 5.59. The Balaban J connectivity index is 3.13. The molecule has 0 aromatic rings. The van der Waals surface area contributed by atoms with Crippen LogP contribution in [0.4, 0.5) is 0 Å². The lowest BCUT2D eigenvalue weighted by Crippen LogP contribution is -2.28. The summed E-state index contributed by atoms with van der Waals surface area (Å²) in [7, 11) is 0. The summed E-state index contributed by atoms with van der Waals surface area (Å²) in [5.41, 5.74) is 0. The van der Waals surface area contributed by atoms with Gasteiger partial charge in [-0.15, -0.1) is 0 Å². The molecule has 0 aromatic heterocycles. The number of amides is 1. The summed E-state index contributed by atoms with van der Waals surface area (Å²) in [4.78, 5) is 11.2. The third kappa shape index (κ3) is 11.3. The van der Waals surface area contributed by atoms with Crippen molar-refractivity contribution in [1.29, 1.82) is 0 Å². The second-order valence-corrected chi connectivity index (χ2v) is 3.76. The molecule has 0 aromatic carbocycles. The molecule has 4 nitrogen and oxygen atoms in total. The Kier molecular flexibility index (Phi) is 9.52. The van der Waals surface area contributed by atoms with Crippen LogP contribution >= 0.6 is 0 Å². The highest BCUT2D eigenvalue weighted by atomic mass is 16.5. The first kappa shape index (κ1) is 14.4. The molecule has 0 radical (unpaired) electrons. The van der Waals surface area contributed by atoms with Gasteiger partial charge in [-0.3, -0.25) is 4.79 Å². The van der Waals surface area contributed by atoms with Gasteiger partial charge >= 0.3 is 0 Å². The zero-order chi connectivity index (χ0) is 11.5. The van der Waals surface area contributed by atoms with Crippen molar-refractivity contribution in [3.8, 4) is 0 Å². The van der Waals surface area contributed by atoms with Crippen molar-refractivity contribution >= 4 is 5.91 Å². The highest BCUT2D eigenvalue weighted by molar-refractivity contribution is 5.75. The third-order valence-corrected chi connectivity index (χ3v) is 1.74. The van der Waals surface area contributed by atoms with Gasteiger partial charge in [0.05, 0.1) is 19.8 Å². The largest absolute Gasteiger partial charge is 0.379 e. The Bertz CT molecular complexity index is 160. The Morgan fingerprint density at radius 1 is 1.20 bits per heavy atom. The average molecular weight is 217 g/mol. The second kappa shape index (κ2) is 9.93. The monoisotopic (exact) mass is 217 g/mol. The number of nitrogens with one attached hydrogen (secondary N) is 1. The molecule has 0 saturated carbocycles. The van der Waals surface area contributed by atoms with E-state index in [1.165, 1.54) is 0 Å². The SMILES string of the molecule is CCOCCOCCNC(=O)CC(C)C. The van der Waals surface area contributed by atoms with Gasteiger partial charge in [-0.25, -0.2) is 0 Å². The minimum absolute atomic E-state index is 0.0957. The van der Waals surface area contributed by atoms with E-state index in [0.717, 1.165) is 0 Å². The molecule has 1 amide bonds. The van der Waals surface area contributed by atoms with Crippen molar-refractivity contribution in [2.75, 3.05) is 33.0 Å². The van der Waals surface area contributed by atoms with Crippen LogP contribution in [-0.4, -0.2) is 38.9 Å². The highest BCUT2D eigenvalue weighted by Crippen LogP contribution is 1.97. The summed E-state index contributed by atoms with van der Waals surface area (Å²) in [6.07, 6.45) is 0.582. The van der Waals surface area contributed by atoms with Crippen molar-refractivity contribution in [2.45, 2.75) is 27.2 Å². The molecule has 0 aliphatic heterocycles. The van der Waals surface area contributed by atoms with Gasteiger partial charge in [-0.2, -0.15) is 0 Å². The summed E-state index contributed by atoms with van der Waals surface area (Å²) in [6.45, 7) is 9.07. The molecule has 15 heavy (non-hydrogen) atoms. The predicted octanol–water partition coefficient (Wildman–Crippen LogP) is 1.20. The normalized spacial score (nSPS) is 10.7. The van der Waals surface area contributed by atoms with E-state index >= 15 is 0 Å². The number of ether oxygens (including phenoxy) is 2. The van der Waals surface area contributed by atoms with E-state index < -0.39 is 0 Å². The molecule has 0 fully saturated rings. The van der Waals surface area contributed by atoms with Crippen LogP contribution in [0.5, 0.6) is 0 Å². The summed E-state index contributed by atoms with van der Waals surface area (Å²) in [5, 5.41) is 2.80. The molecular weight excluding hydrogens is 194 g/mol. The first-order chi connectivity index (χ1) is 7.16. The lowest BCUT2D eigenvalue weighted by Gasteiger charge is -2.07. The van der Waals surface area contributed by atoms with Gasteiger partial charge < -0.3 is 14.8 Å². The van der Waals surface area contributed by atoms with E-state index in [1.54, 1.807) is 0 Å². The maximum atomic E-state index is 11.2. The van der Waals surface area contributed by atoms with E-state index in [0.29, 0.717) is 45.3 Å². The molecule has 0 unspecified atom stereocenters. The molecule has 0 bridgehead atoms. The second-order valence-electron chi connectivity index (χ2n) is 3.76. The standard InChI is InChI=1S/C11H23NO3/c1-4-14-7-8-15-6-5-12-11(13)9-10(2)3/h10H,4-9H2,1-3H3,(H,12,13). The average Bonchev–Trinajstić information content (AvgIpc) is 2.15. The van der Waals surface area contributed by atoms with Crippen LogP contribution in [0.3, 0.4) is 0 Å². The highest BCUT2D eigenvalue weighted by Gasteiger charge is 2.02. The topological polar surface area (TPSA) is 47.6 Å². The number of hydrogen-bond acceptors (Lipinski definition) is 3. The van der Waals surface area contributed by atoms with E-state index in [4.69, 9.17) is 9.47 Å². The zero-order valence-corrected chi connectivity index (χ0v) is 10.0. The third-order valence-electron chi connectivity index (χ3n) is 1.74. The van der Waals surface area contributed by atoms with Crippen LogP contribution in [-0.2, 0) is 14.3 Å². The fraction of sp³-hybridized carbons (Fsp3) is 0.909. The van der Waals surface area contributed by atoms with E-state index in [9.17, 15) is 4.79 Å². The molecule has 0 heterocycles. The minimum Gasteiger partial charge on any atom is -0.379 e. The van der Waals surface area contributed by atoms with Gasteiger partial charge in [0, 0.05) is 19.6 Å². The van der Waals surface area contributed by atoms with E-state index in [1.807, 2.05) is 20.8 Å². The molecule has 4 heteroatoms. The maximum Gasteiger partial charge on any atom is 0.220 e. The number of carbonyl (C=O) groups is 1. The fourth-order valence-electron chi connectivity index (χ4n) is 1.07. The van der Waals surface area contributed by atoms with Gasteiger partial charge in [-0.05, 0) is 12.8 Å². The minimum atomic E-state index is 0.0957. The van der Waals surface area contributed by atoms with Crippen molar-refractivity contribution in [2.24, 2.45) is 5.92 Å². The molecule has 0 spiro atoms. The Morgan fingerprint density at radius 3 is 2.47 bits per heavy atom. The molecule has 0 aliphatic rings. The van der Waals surface area contributed by atoms with Crippen LogP contribution in [0.15, 0.2) is 0 Å². The van der Waals surface area contributed by atoms with Crippen molar-refractivity contribution < 1.29 is 14.3 Å². The van der Waals surface area contributed by atoms with E-state index in [2.05, 4.69) is 5.32 Å². The molecule has 0 rings (SSSR count). The van der Waals surface area contributed by atoms with Crippen LogP contribution in [0, 0.1) is 5.92 Å². The van der Waals surface area contributed by atoms with E-state index in [-0.39, 0.29) is 5.91 Å². The van der Waals surface area contributed by atoms with Gasteiger partial charge in [0.25, 0.3) is 0 Å².